The number of furan rings is 2. The van der Waals surface area contributed by atoms with Gasteiger partial charge >= 0.3 is 0 Å². The average Bonchev–Trinajstić information content (AvgIpc) is 3.78. The molecular formula is C41H50N4O6S2. The van der Waals surface area contributed by atoms with Crippen molar-refractivity contribution in [2.24, 2.45) is 0 Å². The molecule has 12 heteroatoms. The van der Waals surface area contributed by atoms with Crippen molar-refractivity contribution in [2.75, 3.05) is 46.7 Å². The number of nitrogens with zero attached hydrogens (tertiary/aromatic N) is 4. The molecule has 53 heavy (non-hydrogen) atoms. The summed E-state index contributed by atoms with van der Waals surface area (Å²) in [5.74, 6) is 1.28. The van der Waals surface area contributed by atoms with Gasteiger partial charge in [-0.25, -0.2) is 25.4 Å². The predicted molar refractivity (Wildman–Crippen MR) is 211 cm³/mol. The molecule has 0 N–H and O–H groups in total. The van der Waals surface area contributed by atoms with Crippen LogP contribution in [0.1, 0.15) is 42.8 Å². The second-order valence-corrected chi connectivity index (χ2v) is 17.6. The summed E-state index contributed by atoms with van der Waals surface area (Å²) in [5.41, 5.74) is 4.49. The second kappa shape index (κ2) is 18.0. The van der Waals surface area contributed by atoms with Crippen LogP contribution in [0.3, 0.4) is 0 Å². The maximum absolute atomic E-state index is 12.2. The lowest BCUT2D eigenvalue weighted by Crippen LogP contribution is -2.32. The minimum absolute atomic E-state index is 0.00806. The number of benzene rings is 3. The summed E-state index contributed by atoms with van der Waals surface area (Å²) in [7, 11) is 0.867. The van der Waals surface area contributed by atoms with Gasteiger partial charge in [0.25, 0.3) is 20.0 Å². The standard InChI is InChI=1S/C21H28N2O3S.C20H22N2O3S/c1-22(2)27(24,25)21-15-14-20(26-21)17-23-16-8-4-7-11-19(23)13-12-18-9-5-3-6-10-18;1-21(2)26(23,24)20-14-13-17(25-20)15-22(3)19-12-8-7-11-18(19)16-9-5-4-6-10-16/h3,5-6,9-10,12-15,19H,4,7-8,11,16-17H2,1-2H3;4-14H,15H2,1-3H3/b13-12+;. The average molecular weight is 759 g/mol. The highest BCUT2D eigenvalue weighted by molar-refractivity contribution is 7.89. The molecule has 1 unspecified atom stereocenters. The van der Waals surface area contributed by atoms with Gasteiger partial charge in [-0.1, -0.05) is 104 Å². The van der Waals surface area contributed by atoms with Gasteiger partial charge in [0.05, 0.1) is 13.1 Å². The van der Waals surface area contributed by atoms with Crippen molar-refractivity contribution >= 4 is 31.8 Å². The lowest BCUT2D eigenvalue weighted by atomic mass is 10.0. The van der Waals surface area contributed by atoms with Gasteiger partial charge in [0, 0.05) is 52.5 Å². The minimum Gasteiger partial charge on any atom is -0.447 e. The van der Waals surface area contributed by atoms with Crippen LogP contribution in [-0.2, 0) is 33.1 Å². The fourth-order valence-electron chi connectivity index (χ4n) is 6.11. The highest BCUT2D eigenvalue weighted by atomic mass is 32.2. The topological polar surface area (TPSA) is 108 Å². The van der Waals surface area contributed by atoms with E-state index in [1.807, 2.05) is 66.5 Å². The second-order valence-electron chi connectivity index (χ2n) is 13.4. The van der Waals surface area contributed by atoms with E-state index in [0.717, 1.165) is 40.5 Å². The SMILES string of the molecule is CN(C)S(=O)(=O)c1ccc(CN2CCCCCC2/C=C/c2ccccc2)o1.CN(Cc1ccc(S(=O)(=O)N(C)C)o1)c1ccccc1-c1ccccc1. The van der Waals surface area contributed by atoms with E-state index in [2.05, 4.69) is 47.4 Å². The fraction of sp³-hybridized carbons (Fsp3) is 0.317. The minimum atomic E-state index is -3.56. The quantitative estimate of drug-likeness (QED) is 0.127. The predicted octanol–water partition coefficient (Wildman–Crippen LogP) is 7.82. The van der Waals surface area contributed by atoms with Crippen LogP contribution in [0.15, 0.2) is 134 Å². The number of rotatable bonds is 12. The summed E-state index contributed by atoms with van der Waals surface area (Å²) in [4.78, 5) is 4.44. The molecule has 3 aromatic carbocycles. The van der Waals surface area contributed by atoms with E-state index < -0.39 is 20.0 Å². The van der Waals surface area contributed by atoms with Gasteiger partial charge < -0.3 is 13.7 Å². The molecule has 3 heterocycles. The number of para-hydroxylation sites is 1. The summed E-state index contributed by atoms with van der Waals surface area (Å²) in [6.45, 7) is 2.07. The molecule has 0 aliphatic carbocycles. The van der Waals surface area contributed by atoms with E-state index in [1.54, 1.807) is 18.2 Å². The third kappa shape index (κ3) is 10.4. The number of hydrogen-bond donors (Lipinski definition) is 0. The van der Waals surface area contributed by atoms with Crippen molar-refractivity contribution < 1.29 is 25.7 Å². The Bertz CT molecular complexity index is 2140. The lowest BCUT2D eigenvalue weighted by molar-refractivity contribution is 0.203. The molecule has 0 bridgehead atoms. The molecule has 10 nitrogen and oxygen atoms in total. The van der Waals surface area contributed by atoms with E-state index in [4.69, 9.17) is 8.83 Å². The number of anilines is 1. The molecule has 1 aliphatic heterocycles. The molecular weight excluding hydrogens is 709 g/mol. The van der Waals surface area contributed by atoms with Gasteiger partial charge in [0.2, 0.25) is 10.2 Å². The Balaban J connectivity index is 0.000000204. The third-order valence-corrected chi connectivity index (χ3v) is 12.5. The fourth-order valence-corrected chi connectivity index (χ4v) is 7.73. The molecule has 2 aromatic heterocycles. The molecule has 5 aromatic rings. The molecule has 282 valence electrons. The third-order valence-electron chi connectivity index (χ3n) is 9.12. The Morgan fingerprint density at radius 3 is 1.87 bits per heavy atom. The van der Waals surface area contributed by atoms with Gasteiger partial charge in [-0.05, 0) is 60.8 Å². The largest absolute Gasteiger partial charge is 0.447 e. The smallest absolute Gasteiger partial charge is 0.275 e. The van der Waals surface area contributed by atoms with Gasteiger partial charge in [-0.2, -0.15) is 0 Å². The van der Waals surface area contributed by atoms with Crippen LogP contribution in [0.5, 0.6) is 0 Å². The zero-order valence-corrected chi connectivity index (χ0v) is 32.8. The summed E-state index contributed by atoms with van der Waals surface area (Å²) in [6.07, 6.45) is 9.13. The summed E-state index contributed by atoms with van der Waals surface area (Å²) < 4.78 is 62.3. The molecule has 0 saturated carbocycles. The van der Waals surface area contributed by atoms with E-state index in [9.17, 15) is 16.8 Å². The Kier molecular flexibility index (Phi) is 13.5. The lowest BCUT2D eigenvalue weighted by Gasteiger charge is -2.26. The van der Waals surface area contributed by atoms with Crippen LogP contribution in [0.2, 0.25) is 0 Å². The zero-order chi connectivity index (χ0) is 38.0. The van der Waals surface area contributed by atoms with Crippen LogP contribution in [0.25, 0.3) is 17.2 Å². The van der Waals surface area contributed by atoms with E-state index in [0.29, 0.717) is 30.7 Å². The van der Waals surface area contributed by atoms with Crippen LogP contribution in [-0.4, -0.2) is 78.2 Å². The van der Waals surface area contributed by atoms with E-state index in [-0.39, 0.29) is 10.2 Å². The molecule has 1 atom stereocenters. The maximum atomic E-state index is 12.2. The molecule has 1 saturated heterocycles. The van der Waals surface area contributed by atoms with Gasteiger partial charge in [0.1, 0.15) is 11.5 Å². The molecule has 6 rings (SSSR count). The van der Waals surface area contributed by atoms with E-state index >= 15 is 0 Å². The maximum Gasteiger partial charge on any atom is 0.275 e. The monoisotopic (exact) mass is 758 g/mol. The van der Waals surface area contributed by atoms with Crippen LogP contribution in [0, 0.1) is 0 Å². The van der Waals surface area contributed by atoms with Crippen LogP contribution < -0.4 is 4.90 Å². The Morgan fingerprint density at radius 1 is 0.660 bits per heavy atom. The van der Waals surface area contributed by atoms with Crippen LogP contribution in [0.4, 0.5) is 5.69 Å². The summed E-state index contributed by atoms with van der Waals surface area (Å²) in [5, 5.41) is -0.0315. The van der Waals surface area contributed by atoms with Crippen molar-refractivity contribution in [3.05, 3.63) is 132 Å². The number of sulfonamides is 2. The highest BCUT2D eigenvalue weighted by Crippen LogP contribution is 2.31. The molecule has 1 fully saturated rings. The van der Waals surface area contributed by atoms with Crippen molar-refractivity contribution in [2.45, 2.75) is 55.0 Å². The number of likely N-dealkylation sites (tertiary alicyclic amines) is 1. The number of hydrogen-bond acceptors (Lipinski definition) is 8. The van der Waals surface area contributed by atoms with Gasteiger partial charge in [-0.3, -0.25) is 4.90 Å². The van der Waals surface area contributed by atoms with Crippen molar-refractivity contribution in [1.82, 2.24) is 13.5 Å². The van der Waals surface area contributed by atoms with Crippen molar-refractivity contribution in [3.63, 3.8) is 0 Å². The van der Waals surface area contributed by atoms with Crippen molar-refractivity contribution in [3.8, 4) is 11.1 Å². The molecule has 0 radical (unpaired) electrons. The first kappa shape index (κ1) is 39.7. The Morgan fingerprint density at radius 2 is 1.23 bits per heavy atom. The Hall–Kier alpha value is -4.46. The highest BCUT2D eigenvalue weighted by Gasteiger charge is 2.25. The molecule has 1 aliphatic rings. The molecule has 0 amide bonds. The first-order valence-corrected chi connectivity index (χ1v) is 20.6. The summed E-state index contributed by atoms with van der Waals surface area (Å²) in [6, 6.07) is 35.4. The van der Waals surface area contributed by atoms with Crippen LogP contribution >= 0.6 is 0 Å². The molecule has 0 spiro atoms. The Labute approximate surface area is 315 Å². The summed E-state index contributed by atoms with van der Waals surface area (Å²) >= 11 is 0. The van der Waals surface area contributed by atoms with Gasteiger partial charge in [-0.15, -0.1) is 0 Å². The first-order chi connectivity index (χ1) is 25.4. The first-order valence-electron chi connectivity index (χ1n) is 17.7. The van der Waals surface area contributed by atoms with E-state index in [1.165, 1.54) is 57.0 Å². The zero-order valence-electron chi connectivity index (χ0n) is 31.1. The van der Waals surface area contributed by atoms with Gasteiger partial charge in [0.15, 0.2) is 0 Å². The van der Waals surface area contributed by atoms with Crippen molar-refractivity contribution in [1.29, 1.82) is 0 Å². The normalized spacial score (nSPS) is 15.7.